The molecule has 24 heavy (non-hydrogen) atoms. The van der Waals surface area contributed by atoms with Gasteiger partial charge < -0.3 is 9.84 Å². The second kappa shape index (κ2) is 9.52. The van der Waals surface area contributed by atoms with Gasteiger partial charge in [0.2, 0.25) is 0 Å². The van der Waals surface area contributed by atoms with Crippen LogP contribution in [0.2, 0.25) is 0 Å². The van der Waals surface area contributed by atoms with E-state index < -0.39 is 11.4 Å². The van der Waals surface area contributed by atoms with Crippen LogP contribution in [0, 0.1) is 5.41 Å². The number of esters is 1. The predicted molar refractivity (Wildman–Crippen MR) is 91.4 cm³/mol. The molecule has 0 spiro atoms. The molecule has 5 nitrogen and oxygen atoms in total. The normalized spacial score (nSPS) is 22.7. The Hall–Kier alpha value is -1.75. The molecule has 1 aliphatic carbocycles. The summed E-state index contributed by atoms with van der Waals surface area (Å²) in [5.41, 5.74) is 1.09. The lowest BCUT2D eigenvalue weighted by atomic mass is 9.68. The molecule has 0 aromatic heterocycles. The molecule has 1 rings (SSSR count). The Bertz CT molecular complexity index is 544. The molecule has 0 aromatic carbocycles. The first kappa shape index (κ1) is 20.3. The number of Topliss-reactive ketones (excluding diaryl/α,β-unsaturated/α-hetero) is 2. The van der Waals surface area contributed by atoms with Gasteiger partial charge in [-0.05, 0) is 33.1 Å². The van der Waals surface area contributed by atoms with Gasteiger partial charge in [0, 0.05) is 24.7 Å². The first-order valence-corrected chi connectivity index (χ1v) is 8.37. The van der Waals surface area contributed by atoms with Gasteiger partial charge in [-0.3, -0.25) is 14.4 Å². The summed E-state index contributed by atoms with van der Waals surface area (Å²) in [5.74, 6) is -0.441. The maximum Gasteiger partial charge on any atom is 0.306 e. The highest BCUT2D eigenvalue weighted by atomic mass is 16.5. The number of methoxy groups -OCH3 is 1. The van der Waals surface area contributed by atoms with Crippen LogP contribution in [0.4, 0.5) is 0 Å². The molecule has 134 valence electrons. The summed E-state index contributed by atoms with van der Waals surface area (Å²) in [6.45, 7) is 3.90. The van der Waals surface area contributed by atoms with Crippen LogP contribution in [0.15, 0.2) is 23.3 Å². The summed E-state index contributed by atoms with van der Waals surface area (Å²) >= 11 is 0. The monoisotopic (exact) mass is 336 g/mol. The van der Waals surface area contributed by atoms with Gasteiger partial charge in [-0.1, -0.05) is 23.3 Å². The van der Waals surface area contributed by atoms with Gasteiger partial charge in [-0.15, -0.1) is 0 Å². The summed E-state index contributed by atoms with van der Waals surface area (Å²) in [5, 5.41) is 8.97. The highest BCUT2D eigenvalue weighted by Crippen LogP contribution is 2.39. The van der Waals surface area contributed by atoms with E-state index in [4.69, 9.17) is 9.84 Å². The van der Waals surface area contributed by atoms with Gasteiger partial charge in [-0.25, -0.2) is 0 Å². The first-order chi connectivity index (χ1) is 11.3. The van der Waals surface area contributed by atoms with Crippen molar-refractivity contribution in [3.8, 4) is 0 Å². The molecule has 0 amide bonds. The van der Waals surface area contributed by atoms with Crippen molar-refractivity contribution in [1.82, 2.24) is 0 Å². The molecular formula is C19H28O5. The first-order valence-electron chi connectivity index (χ1n) is 8.37. The Labute approximate surface area is 143 Å². The van der Waals surface area contributed by atoms with Crippen molar-refractivity contribution in [2.24, 2.45) is 5.41 Å². The van der Waals surface area contributed by atoms with Crippen LogP contribution in [0.1, 0.15) is 58.8 Å². The third-order valence-electron chi connectivity index (χ3n) is 4.59. The second-order valence-corrected chi connectivity index (χ2v) is 6.67. The number of ketones is 2. The fourth-order valence-corrected chi connectivity index (χ4v) is 2.93. The van der Waals surface area contributed by atoms with E-state index in [1.165, 1.54) is 7.11 Å². The number of carbonyl (C=O) groups excluding carboxylic acids is 3. The Morgan fingerprint density at radius 1 is 1.21 bits per heavy atom. The van der Waals surface area contributed by atoms with Crippen LogP contribution < -0.4 is 0 Å². The van der Waals surface area contributed by atoms with Crippen molar-refractivity contribution < 1.29 is 24.2 Å². The van der Waals surface area contributed by atoms with Gasteiger partial charge in [0.25, 0.3) is 0 Å². The molecule has 1 atom stereocenters. The zero-order valence-electron chi connectivity index (χ0n) is 14.9. The average Bonchev–Trinajstić information content (AvgIpc) is 2.56. The third-order valence-corrected chi connectivity index (χ3v) is 4.59. The van der Waals surface area contributed by atoms with Crippen molar-refractivity contribution in [2.75, 3.05) is 13.7 Å². The molecule has 0 heterocycles. The van der Waals surface area contributed by atoms with Crippen molar-refractivity contribution in [3.63, 3.8) is 0 Å². The molecule has 1 N–H and O–H groups in total. The molecule has 0 aromatic rings. The zero-order valence-corrected chi connectivity index (χ0v) is 14.9. The van der Waals surface area contributed by atoms with E-state index in [0.29, 0.717) is 6.42 Å². The van der Waals surface area contributed by atoms with Crippen molar-refractivity contribution >= 4 is 17.5 Å². The van der Waals surface area contributed by atoms with E-state index in [9.17, 15) is 14.4 Å². The Kier molecular flexibility index (Phi) is 8.05. The predicted octanol–water partition coefficient (Wildman–Crippen LogP) is 2.91. The molecule has 5 heteroatoms. The van der Waals surface area contributed by atoms with E-state index in [0.717, 1.165) is 24.0 Å². The van der Waals surface area contributed by atoms with Gasteiger partial charge in [0.1, 0.15) is 11.6 Å². The van der Waals surface area contributed by atoms with Gasteiger partial charge >= 0.3 is 5.97 Å². The van der Waals surface area contributed by atoms with E-state index >= 15 is 0 Å². The van der Waals surface area contributed by atoms with Crippen molar-refractivity contribution in [3.05, 3.63) is 23.3 Å². The van der Waals surface area contributed by atoms with E-state index in [2.05, 4.69) is 0 Å². The number of allylic oxidation sites excluding steroid dienone is 3. The number of hydrogen-bond acceptors (Lipinski definition) is 5. The van der Waals surface area contributed by atoms with Gasteiger partial charge in [-0.2, -0.15) is 0 Å². The molecule has 0 radical (unpaired) electrons. The summed E-state index contributed by atoms with van der Waals surface area (Å²) in [6, 6.07) is 0. The third kappa shape index (κ3) is 6.04. The smallest absolute Gasteiger partial charge is 0.306 e. The summed E-state index contributed by atoms with van der Waals surface area (Å²) < 4.78 is 4.72. The zero-order chi connectivity index (χ0) is 18.2. The Balaban J connectivity index is 2.81. The molecule has 0 saturated heterocycles. The number of rotatable bonds is 8. The molecule has 1 unspecified atom stereocenters. The van der Waals surface area contributed by atoms with Crippen LogP contribution >= 0.6 is 0 Å². The Morgan fingerprint density at radius 3 is 2.54 bits per heavy atom. The average molecular weight is 336 g/mol. The molecular weight excluding hydrogens is 308 g/mol. The lowest BCUT2D eigenvalue weighted by Crippen LogP contribution is -2.39. The minimum Gasteiger partial charge on any atom is -0.469 e. The molecule has 1 saturated carbocycles. The topological polar surface area (TPSA) is 80.7 Å². The molecule has 1 aliphatic rings. The number of hydrogen-bond donors (Lipinski definition) is 1. The van der Waals surface area contributed by atoms with Gasteiger partial charge in [0.15, 0.2) is 0 Å². The lowest BCUT2D eigenvalue weighted by Gasteiger charge is -2.33. The quantitative estimate of drug-likeness (QED) is 0.544. The lowest BCUT2D eigenvalue weighted by molar-refractivity contribution is -0.150. The number of aliphatic hydroxyl groups excluding tert-OH is 1. The molecule has 0 bridgehead atoms. The highest BCUT2D eigenvalue weighted by molar-refractivity contribution is 5.99. The van der Waals surface area contributed by atoms with Crippen LogP contribution in [0.5, 0.6) is 0 Å². The van der Waals surface area contributed by atoms with E-state index in [1.807, 2.05) is 26.0 Å². The van der Waals surface area contributed by atoms with Crippen LogP contribution in [0.25, 0.3) is 0 Å². The summed E-state index contributed by atoms with van der Waals surface area (Å²) in [7, 11) is 1.29. The largest absolute Gasteiger partial charge is 0.469 e. The fourth-order valence-electron chi connectivity index (χ4n) is 2.93. The molecule has 0 aliphatic heterocycles. The Morgan fingerprint density at radius 2 is 1.92 bits per heavy atom. The van der Waals surface area contributed by atoms with Crippen LogP contribution in [-0.4, -0.2) is 36.4 Å². The maximum atomic E-state index is 12.4. The second-order valence-electron chi connectivity index (χ2n) is 6.67. The van der Waals surface area contributed by atoms with Crippen LogP contribution in [-0.2, 0) is 19.1 Å². The van der Waals surface area contributed by atoms with Gasteiger partial charge in [0.05, 0.1) is 20.1 Å². The fraction of sp³-hybridized carbons (Fsp3) is 0.632. The van der Waals surface area contributed by atoms with Crippen molar-refractivity contribution in [2.45, 2.75) is 58.8 Å². The minimum absolute atomic E-state index is 0.0208. The van der Waals surface area contributed by atoms with Crippen LogP contribution in [0.3, 0.4) is 0 Å². The summed E-state index contributed by atoms with van der Waals surface area (Å²) in [4.78, 5) is 36.0. The molecule has 1 fully saturated rings. The maximum absolute atomic E-state index is 12.4. The SMILES string of the molecule is COC(=O)CC1(CC=C(C)CCC=C(C)CO)CC(=O)CCC1=O. The minimum atomic E-state index is -0.944. The van der Waals surface area contributed by atoms with Crippen molar-refractivity contribution in [1.29, 1.82) is 0 Å². The number of aliphatic hydroxyl groups is 1. The number of ether oxygens (including phenoxy) is 1. The summed E-state index contributed by atoms with van der Waals surface area (Å²) in [6.07, 6.45) is 6.52. The van der Waals surface area contributed by atoms with E-state index in [1.54, 1.807) is 0 Å². The van der Waals surface area contributed by atoms with E-state index in [-0.39, 0.29) is 43.9 Å². The highest BCUT2D eigenvalue weighted by Gasteiger charge is 2.44. The number of carbonyl (C=O) groups is 3. The standard InChI is InChI=1S/C19H28O5/c1-14(5-4-6-15(2)13-20)9-10-19(12-18(23)24-3)11-16(21)7-8-17(19)22/h6,9,20H,4-5,7-8,10-13H2,1-3H3.